The highest BCUT2D eigenvalue weighted by molar-refractivity contribution is 6.32. The third kappa shape index (κ3) is 4.43. The molecule has 2 aliphatic heterocycles. The fourth-order valence-corrected chi connectivity index (χ4v) is 3.01. The Morgan fingerprint density at radius 2 is 2.08 bits per heavy atom. The molecule has 2 aliphatic rings. The van der Waals surface area contributed by atoms with Crippen molar-refractivity contribution >= 4 is 29.6 Å². The minimum Gasteiger partial charge on any atom is -0.486 e. The second kappa shape index (κ2) is 7.76. The second-order valence-electron chi connectivity index (χ2n) is 5.74. The maximum absolute atomic E-state index is 12.3. The Bertz CT molecular complexity index is 705. The van der Waals surface area contributed by atoms with Crippen molar-refractivity contribution in [1.29, 1.82) is 0 Å². The Kier molecular flexibility index (Phi) is 5.45. The molecule has 0 aromatic heterocycles. The zero-order valence-electron chi connectivity index (χ0n) is 13.4. The van der Waals surface area contributed by atoms with E-state index in [9.17, 15) is 9.59 Å². The van der Waals surface area contributed by atoms with Gasteiger partial charge in [-0.05, 0) is 23.8 Å². The maximum Gasteiger partial charge on any atom is 0.306 e. The minimum atomic E-state index is -0.944. The molecule has 1 atom stereocenters. The first-order valence-corrected chi connectivity index (χ1v) is 8.30. The number of halogens is 1. The van der Waals surface area contributed by atoms with Gasteiger partial charge in [0.25, 0.3) is 0 Å². The lowest BCUT2D eigenvalue weighted by Gasteiger charge is -2.31. The number of fused-ring (bicyclic) bond motifs is 1. The third-order valence-corrected chi connectivity index (χ3v) is 4.17. The summed E-state index contributed by atoms with van der Waals surface area (Å²) in [5, 5.41) is 9.26. The summed E-state index contributed by atoms with van der Waals surface area (Å²) in [6.07, 6.45) is 2.48. The lowest BCUT2D eigenvalue weighted by molar-refractivity contribution is -0.145. The van der Waals surface area contributed by atoms with Crippen molar-refractivity contribution < 1.29 is 28.9 Å². The lowest BCUT2D eigenvalue weighted by atomic mass is 10.1. The Morgan fingerprint density at radius 1 is 1.28 bits per heavy atom. The molecule has 3 rings (SSSR count). The molecule has 1 saturated heterocycles. The Morgan fingerprint density at radius 3 is 2.88 bits per heavy atom. The molecule has 0 saturated carbocycles. The van der Waals surface area contributed by atoms with Crippen molar-refractivity contribution in [2.45, 2.75) is 12.5 Å². The number of morpholine rings is 1. The van der Waals surface area contributed by atoms with E-state index in [-0.39, 0.29) is 18.9 Å². The molecule has 134 valence electrons. The van der Waals surface area contributed by atoms with Gasteiger partial charge in [0.1, 0.15) is 13.2 Å². The van der Waals surface area contributed by atoms with E-state index in [2.05, 4.69) is 0 Å². The zero-order chi connectivity index (χ0) is 17.8. The van der Waals surface area contributed by atoms with Gasteiger partial charge in [-0.3, -0.25) is 9.59 Å². The Hall–Kier alpha value is -2.25. The lowest BCUT2D eigenvalue weighted by Crippen LogP contribution is -2.45. The average molecular weight is 368 g/mol. The summed E-state index contributed by atoms with van der Waals surface area (Å²) in [4.78, 5) is 24.7. The van der Waals surface area contributed by atoms with Crippen LogP contribution in [-0.2, 0) is 14.3 Å². The van der Waals surface area contributed by atoms with E-state index in [4.69, 9.17) is 30.9 Å². The van der Waals surface area contributed by atoms with E-state index in [0.29, 0.717) is 42.9 Å². The molecule has 0 aliphatic carbocycles. The second-order valence-corrected chi connectivity index (χ2v) is 6.14. The number of aliphatic carboxylic acids is 1. The van der Waals surface area contributed by atoms with E-state index >= 15 is 0 Å². The van der Waals surface area contributed by atoms with E-state index in [1.165, 1.54) is 6.08 Å². The summed E-state index contributed by atoms with van der Waals surface area (Å²) >= 11 is 6.17. The van der Waals surface area contributed by atoms with Crippen LogP contribution >= 0.6 is 11.6 Å². The van der Waals surface area contributed by atoms with Crippen LogP contribution in [0.25, 0.3) is 6.08 Å². The molecule has 7 nitrogen and oxygen atoms in total. The Labute approximate surface area is 149 Å². The number of carboxylic acids is 1. The van der Waals surface area contributed by atoms with Crippen LogP contribution in [0.4, 0.5) is 0 Å². The number of rotatable bonds is 4. The molecule has 1 fully saturated rings. The van der Waals surface area contributed by atoms with E-state index in [1.807, 2.05) is 0 Å². The molecule has 0 radical (unpaired) electrons. The first-order valence-electron chi connectivity index (χ1n) is 7.92. The summed E-state index contributed by atoms with van der Waals surface area (Å²) in [5.41, 5.74) is 0.720. The normalized spacial score (nSPS) is 19.9. The van der Waals surface area contributed by atoms with Gasteiger partial charge in [0.2, 0.25) is 5.91 Å². The van der Waals surface area contributed by atoms with Gasteiger partial charge in [0, 0.05) is 19.2 Å². The highest BCUT2D eigenvalue weighted by Gasteiger charge is 2.25. The molecule has 25 heavy (non-hydrogen) atoms. The number of nitrogens with zero attached hydrogens (tertiary/aromatic N) is 1. The monoisotopic (exact) mass is 367 g/mol. The van der Waals surface area contributed by atoms with Gasteiger partial charge in [-0.15, -0.1) is 0 Å². The molecule has 0 bridgehead atoms. The molecule has 1 aromatic carbocycles. The number of benzene rings is 1. The molecule has 2 heterocycles. The van der Waals surface area contributed by atoms with Gasteiger partial charge in [-0.25, -0.2) is 0 Å². The van der Waals surface area contributed by atoms with Gasteiger partial charge in [0.15, 0.2) is 11.5 Å². The van der Waals surface area contributed by atoms with E-state index in [1.54, 1.807) is 23.1 Å². The topological polar surface area (TPSA) is 85.3 Å². The van der Waals surface area contributed by atoms with Crippen LogP contribution in [0, 0.1) is 0 Å². The largest absolute Gasteiger partial charge is 0.486 e. The van der Waals surface area contributed by atoms with Crippen LogP contribution in [-0.4, -0.2) is 60.9 Å². The van der Waals surface area contributed by atoms with Gasteiger partial charge < -0.3 is 24.2 Å². The average Bonchev–Trinajstić information content (AvgIpc) is 2.59. The Balaban J connectivity index is 1.66. The summed E-state index contributed by atoms with van der Waals surface area (Å²) in [7, 11) is 0. The number of ether oxygens (including phenoxy) is 3. The number of hydrogen-bond donors (Lipinski definition) is 1. The summed E-state index contributed by atoms with van der Waals surface area (Å²) in [6.45, 7) is 1.93. The predicted molar refractivity (Wildman–Crippen MR) is 90.0 cm³/mol. The number of amides is 1. The van der Waals surface area contributed by atoms with Gasteiger partial charge in [0.05, 0.1) is 24.2 Å². The molecule has 1 amide bonds. The van der Waals surface area contributed by atoms with Crippen LogP contribution in [0.15, 0.2) is 18.2 Å². The highest BCUT2D eigenvalue weighted by Crippen LogP contribution is 2.38. The van der Waals surface area contributed by atoms with Crippen molar-refractivity contribution in [2.75, 3.05) is 32.9 Å². The van der Waals surface area contributed by atoms with E-state index in [0.717, 1.165) is 5.56 Å². The standard InChI is InChI=1S/C17H18ClNO6/c18-13-7-11(8-14-17(13)25-6-5-24-14)1-2-15(20)19-3-4-23-12(10-19)9-16(21)22/h1-2,7-8,12H,3-6,9-10H2,(H,21,22)/b2-1+. The zero-order valence-corrected chi connectivity index (χ0v) is 14.2. The predicted octanol–water partition coefficient (Wildman–Crippen LogP) is 1.83. The maximum atomic E-state index is 12.3. The van der Waals surface area contributed by atoms with Crippen molar-refractivity contribution in [3.8, 4) is 11.5 Å². The van der Waals surface area contributed by atoms with Gasteiger partial charge >= 0.3 is 5.97 Å². The van der Waals surface area contributed by atoms with Crippen molar-refractivity contribution in [3.63, 3.8) is 0 Å². The summed E-state index contributed by atoms with van der Waals surface area (Å²) in [6, 6.07) is 3.46. The molecule has 1 aromatic rings. The van der Waals surface area contributed by atoms with Gasteiger partial charge in [-0.1, -0.05) is 11.6 Å². The van der Waals surface area contributed by atoms with Gasteiger partial charge in [-0.2, -0.15) is 0 Å². The fraction of sp³-hybridized carbons (Fsp3) is 0.412. The number of carbonyl (C=O) groups is 2. The van der Waals surface area contributed by atoms with Crippen molar-refractivity contribution in [2.24, 2.45) is 0 Å². The van der Waals surface area contributed by atoms with Crippen LogP contribution in [0.3, 0.4) is 0 Å². The minimum absolute atomic E-state index is 0.120. The van der Waals surface area contributed by atoms with Crippen molar-refractivity contribution in [3.05, 3.63) is 28.8 Å². The smallest absolute Gasteiger partial charge is 0.306 e. The van der Waals surface area contributed by atoms with Crippen LogP contribution < -0.4 is 9.47 Å². The molecule has 8 heteroatoms. The number of carboxylic acid groups (broad SMARTS) is 1. The van der Waals surface area contributed by atoms with E-state index < -0.39 is 12.1 Å². The third-order valence-electron chi connectivity index (χ3n) is 3.89. The number of carbonyl (C=O) groups excluding carboxylic acids is 1. The van der Waals surface area contributed by atoms with Crippen LogP contribution in [0.1, 0.15) is 12.0 Å². The molecular formula is C17H18ClNO6. The van der Waals surface area contributed by atoms with Crippen LogP contribution in [0.2, 0.25) is 5.02 Å². The molecule has 1 unspecified atom stereocenters. The first-order chi connectivity index (χ1) is 12.0. The summed E-state index contributed by atoms with van der Waals surface area (Å²) in [5.74, 6) is -0.0784. The fourth-order valence-electron chi connectivity index (χ4n) is 2.74. The van der Waals surface area contributed by atoms with Crippen molar-refractivity contribution in [1.82, 2.24) is 4.90 Å². The SMILES string of the molecule is O=C(O)CC1CN(C(=O)/C=C/c2cc(Cl)c3c(c2)OCCO3)CCO1. The summed E-state index contributed by atoms with van der Waals surface area (Å²) < 4.78 is 16.3. The quantitative estimate of drug-likeness (QED) is 0.817. The first kappa shape index (κ1) is 17.6. The van der Waals surface area contributed by atoms with Crippen LogP contribution in [0.5, 0.6) is 11.5 Å². The molecule has 1 N–H and O–H groups in total. The molecular weight excluding hydrogens is 350 g/mol. The number of hydrogen-bond acceptors (Lipinski definition) is 5. The highest BCUT2D eigenvalue weighted by atomic mass is 35.5. The molecule has 0 spiro atoms.